The average molecular weight is 225 g/mol. The van der Waals surface area contributed by atoms with Crippen LogP contribution in [-0.2, 0) is 6.54 Å². The highest BCUT2D eigenvalue weighted by Crippen LogP contribution is 2.22. The number of nitriles is 1. The number of ether oxygens (including phenoxy) is 1. The molecular weight excluding hydrogens is 212 g/mol. The number of rotatable bonds is 5. The van der Waals surface area contributed by atoms with Crippen molar-refractivity contribution < 1.29 is 4.74 Å². The van der Waals surface area contributed by atoms with Crippen LogP contribution < -0.4 is 10.1 Å². The molecule has 4 heteroatoms. The molecular formula is C11H13ClN2O. The van der Waals surface area contributed by atoms with Gasteiger partial charge in [0.1, 0.15) is 11.8 Å². The highest BCUT2D eigenvalue weighted by atomic mass is 35.5. The van der Waals surface area contributed by atoms with Crippen LogP contribution in [0.3, 0.4) is 0 Å². The van der Waals surface area contributed by atoms with Gasteiger partial charge in [-0.25, -0.2) is 0 Å². The average Bonchev–Trinajstić information content (AvgIpc) is 2.25. The SMILES string of the molecule is CCNCc1cc(Cl)ccc1OCC#N. The predicted octanol–water partition coefficient (Wildman–Crippen LogP) is 2.35. The van der Waals surface area contributed by atoms with Crippen molar-refractivity contribution in [3.05, 3.63) is 28.8 Å². The van der Waals surface area contributed by atoms with Crippen LogP contribution in [0.15, 0.2) is 18.2 Å². The van der Waals surface area contributed by atoms with E-state index in [9.17, 15) is 0 Å². The van der Waals surface area contributed by atoms with E-state index in [1.807, 2.05) is 19.1 Å². The van der Waals surface area contributed by atoms with Crippen LogP contribution in [0.1, 0.15) is 12.5 Å². The summed E-state index contributed by atoms with van der Waals surface area (Å²) in [7, 11) is 0. The molecule has 0 aliphatic rings. The highest BCUT2D eigenvalue weighted by Gasteiger charge is 2.03. The van der Waals surface area contributed by atoms with Gasteiger partial charge in [-0.05, 0) is 24.7 Å². The van der Waals surface area contributed by atoms with E-state index in [-0.39, 0.29) is 6.61 Å². The molecule has 1 aromatic carbocycles. The molecule has 0 saturated carbocycles. The smallest absolute Gasteiger partial charge is 0.174 e. The third-order valence-electron chi connectivity index (χ3n) is 1.88. The topological polar surface area (TPSA) is 45.0 Å². The summed E-state index contributed by atoms with van der Waals surface area (Å²) in [5.74, 6) is 0.710. The lowest BCUT2D eigenvalue weighted by Gasteiger charge is -2.09. The molecule has 1 rings (SSSR count). The monoisotopic (exact) mass is 224 g/mol. The van der Waals surface area contributed by atoms with Crippen molar-refractivity contribution in [1.29, 1.82) is 5.26 Å². The number of halogens is 1. The van der Waals surface area contributed by atoms with Crippen LogP contribution in [0.2, 0.25) is 5.02 Å². The zero-order valence-corrected chi connectivity index (χ0v) is 9.34. The summed E-state index contributed by atoms with van der Waals surface area (Å²) in [5.41, 5.74) is 0.972. The molecule has 80 valence electrons. The van der Waals surface area contributed by atoms with Gasteiger partial charge in [0.15, 0.2) is 6.61 Å². The first-order chi connectivity index (χ1) is 7.27. The zero-order valence-electron chi connectivity index (χ0n) is 8.59. The quantitative estimate of drug-likeness (QED) is 0.835. The molecule has 0 saturated heterocycles. The van der Waals surface area contributed by atoms with Gasteiger partial charge in [-0.1, -0.05) is 18.5 Å². The van der Waals surface area contributed by atoms with Crippen molar-refractivity contribution in [2.45, 2.75) is 13.5 Å². The maximum absolute atomic E-state index is 8.43. The van der Waals surface area contributed by atoms with E-state index >= 15 is 0 Å². The lowest BCUT2D eigenvalue weighted by atomic mass is 10.2. The molecule has 0 aliphatic heterocycles. The van der Waals surface area contributed by atoms with E-state index in [2.05, 4.69) is 5.32 Å². The summed E-state index contributed by atoms with van der Waals surface area (Å²) in [6, 6.07) is 7.32. The van der Waals surface area contributed by atoms with Gasteiger partial charge in [-0.15, -0.1) is 0 Å². The standard InChI is InChI=1S/C11H13ClN2O/c1-2-14-8-9-7-10(12)3-4-11(9)15-6-5-13/h3-4,7,14H,2,6,8H2,1H3. The second-order valence-electron chi connectivity index (χ2n) is 2.98. The van der Waals surface area contributed by atoms with Crippen molar-refractivity contribution in [1.82, 2.24) is 5.32 Å². The molecule has 0 unspecified atom stereocenters. The van der Waals surface area contributed by atoms with Crippen LogP contribution in [0.4, 0.5) is 0 Å². The normalized spacial score (nSPS) is 9.67. The first-order valence-electron chi connectivity index (χ1n) is 4.76. The van der Waals surface area contributed by atoms with Crippen LogP contribution in [0, 0.1) is 11.3 Å². The Morgan fingerprint density at radius 1 is 1.53 bits per heavy atom. The second kappa shape index (κ2) is 6.28. The molecule has 0 atom stereocenters. The third-order valence-corrected chi connectivity index (χ3v) is 2.12. The molecule has 3 nitrogen and oxygen atoms in total. The van der Waals surface area contributed by atoms with Gasteiger partial charge in [-0.3, -0.25) is 0 Å². The lowest BCUT2D eigenvalue weighted by molar-refractivity contribution is 0.363. The maximum atomic E-state index is 8.43. The Hall–Kier alpha value is -1.24. The minimum Gasteiger partial charge on any atom is -0.478 e. The molecule has 0 spiro atoms. The van der Waals surface area contributed by atoms with Gasteiger partial charge in [0.25, 0.3) is 0 Å². The fraction of sp³-hybridized carbons (Fsp3) is 0.364. The van der Waals surface area contributed by atoms with E-state index in [0.717, 1.165) is 12.1 Å². The lowest BCUT2D eigenvalue weighted by Crippen LogP contribution is -2.13. The predicted molar refractivity (Wildman–Crippen MR) is 59.9 cm³/mol. The van der Waals surface area contributed by atoms with Gasteiger partial charge >= 0.3 is 0 Å². The Balaban J connectivity index is 2.78. The molecule has 0 radical (unpaired) electrons. The van der Waals surface area contributed by atoms with Crippen molar-refractivity contribution in [3.63, 3.8) is 0 Å². The largest absolute Gasteiger partial charge is 0.478 e. The summed E-state index contributed by atoms with van der Waals surface area (Å²) < 4.78 is 5.28. The molecule has 0 aromatic heterocycles. The van der Waals surface area contributed by atoms with Gasteiger partial charge in [-0.2, -0.15) is 5.26 Å². The maximum Gasteiger partial charge on any atom is 0.174 e. The van der Waals surface area contributed by atoms with E-state index in [1.54, 1.807) is 12.1 Å². The number of nitrogens with zero attached hydrogens (tertiary/aromatic N) is 1. The Kier molecular flexibility index (Phi) is 4.96. The first-order valence-corrected chi connectivity index (χ1v) is 5.14. The van der Waals surface area contributed by atoms with Gasteiger partial charge in [0, 0.05) is 17.1 Å². The summed E-state index contributed by atoms with van der Waals surface area (Å²) in [4.78, 5) is 0. The van der Waals surface area contributed by atoms with Gasteiger partial charge < -0.3 is 10.1 Å². The molecule has 0 amide bonds. The summed E-state index contributed by atoms with van der Waals surface area (Å²) in [6.45, 7) is 3.66. The van der Waals surface area contributed by atoms with Crippen LogP contribution in [0.5, 0.6) is 5.75 Å². The summed E-state index contributed by atoms with van der Waals surface area (Å²) in [5, 5.41) is 12.3. The van der Waals surface area contributed by atoms with Gasteiger partial charge in [0.05, 0.1) is 0 Å². The Morgan fingerprint density at radius 2 is 2.33 bits per heavy atom. The number of hydrogen-bond donors (Lipinski definition) is 1. The van der Waals surface area contributed by atoms with Crippen molar-refractivity contribution >= 4 is 11.6 Å². The van der Waals surface area contributed by atoms with Crippen molar-refractivity contribution in [2.24, 2.45) is 0 Å². The number of benzene rings is 1. The molecule has 0 heterocycles. The van der Waals surface area contributed by atoms with Crippen LogP contribution in [0.25, 0.3) is 0 Å². The molecule has 1 N–H and O–H groups in total. The van der Waals surface area contributed by atoms with E-state index in [0.29, 0.717) is 17.3 Å². The fourth-order valence-corrected chi connectivity index (χ4v) is 1.39. The molecule has 0 fully saturated rings. The zero-order chi connectivity index (χ0) is 11.1. The van der Waals surface area contributed by atoms with Crippen LogP contribution in [-0.4, -0.2) is 13.2 Å². The minimum atomic E-state index is 0.0563. The Labute approximate surface area is 94.6 Å². The van der Waals surface area contributed by atoms with E-state index in [4.69, 9.17) is 21.6 Å². The molecule has 0 bridgehead atoms. The Morgan fingerprint density at radius 3 is 3.00 bits per heavy atom. The number of nitrogens with one attached hydrogen (secondary N) is 1. The summed E-state index contributed by atoms with van der Waals surface area (Å²) in [6.07, 6.45) is 0. The summed E-state index contributed by atoms with van der Waals surface area (Å²) >= 11 is 5.88. The molecule has 15 heavy (non-hydrogen) atoms. The highest BCUT2D eigenvalue weighted by molar-refractivity contribution is 6.30. The van der Waals surface area contributed by atoms with E-state index in [1.165, 1.54) is 0 Å². The Bertz CT molecular complexity index is 360. The number of hydrogen-bond acceptors (Lipinski definition) is 3. The second-order valence-corrected chi connectivity index (χ2v) is 3.42. The molecule has 0 aliphatic carbocycles. The van der Waals surface area contributed by atoms with Gasteiger partial charge in [0.2, 0.25) is 0 Å². The van der Waals surface area contributed by atoms with Crippen molar-refractivity contribution in [3.8, 4) is 11.8 Å². The first kappa shape index (κ1) is 11.8. The van der Waals surface area contributed by atoms with Crippen molar-refractivity contribution in [2.75, 3.05) is 13.2 Å². The minimum absolute atomic E-state index is 0.0563. The van der Waals surface area contributed by atoms with E-state index < -0.39 is 0 Å². The molecule has 1 aromatic rings. The van der Waals surface area contributed by atoms with Crippen LogP contribution >= 0.6 is 11.6 Å². The third kappa shape index (κ3) is 3.78. The fourth-order valence-electron chi connectivity index (χ4n) is 1.20.